The predicted molar refractivity (Wildman–Crippen MR) is 5.75 cm³/mol. The molecule has 0 bridgehead atoms. The first kappa shape index (κ1) is 31.4. The van der Waals surface area contributed by atoms with Gasteiger partial charge in [0, 0.05) is 79.1 Å². The maximum atomic E-state index is 0. The van der Waals surface area contributed by atoms with Crippen LogP contribution in [0.2, 0.25) is 0 Å². The van der Waals surface area contributed by atoms with Gasteiger partial charge in [-0.2, -0.15) is 0 Å². The summed E-state index contributed by atoms with van der Waals surface area (Å²) in [6.07, 6.45) is 0. The molecule has 0 aromatic rings. The molecule has 0 aliphatic heterocycles. The van der Waals surface area contributed by atoms with Crippen LogP contribution in [0.25, 0.3) is 0 Å². The van der Waals surface area contributed by atoms with Gasteiger partial charge in [0.15, 0.2) is 0 Å². The minimum absolute atomic E-state index is 0. The van der Waals surface area contributed by atoms with Gasteiger partial charge in [0.2, 0.25) is 0 Å². The standard InChI is InChI=1S/As.Cd.Cr.Ni. The number of hydrogen-bond donors (Lipinski definition) is 0. The molecule has 0 unspecified atom stereocenters. The Balaban J connectivity index is 0. The molecule has 0 atom stereocenters. The summed E-state index contributed by atoms with van der Waals surface area (Å²) in [7, 11) is 0. The van der Waals surface area contributed by atoms with E-state index in [1.807, 2.05) is 0 Å². The molecule has 0 aliphatic rings. The van der Waals surface area contributed by atoms with E-state index in [0.29, 0.717) is 0 Å². The van der Waals surface area contributed by atoms with Gasteiger partial charge in [0.25, 0.3) is 0 Å². The zero-order valence-electron chi connectivity index (χ0n) is 1.88. The van der Waals surface area contributed by atoms with Gasteiger partial charge < -0.3 is 0 Å². The Kier molecular flexibility index (Phi) is 140. The molecule has 0 heterocycles. The van der Waals surface area contributed by atoms with Crippen molar-refractivity contribution in [1.82, 2.24) is 0 Å². The van der Waals surface area contributed by atoms with Gasteiger partial charge in [0.05, 0.1) is 0 Å². The second kappa shape index (κ2) is 17.8. The summed E-state index contributed by atoms with van der Waals surface area (Å²) in [4.78, 5) is 0. The van der Waals surface area contributed by atoms with Crippen molar-refractivity contribution in [3.63, 3.8) is 0 Å². The largest absolute Gasteiger partial charge is 0 e. The van der Waals surface area contributed by atoms with Gasteiger partial charge >= 0.3 is 0 Å². The molecule has 0 amide bonds. The zero-order chi connectivity index (χ0) is 0. The third kappa shape index (κ3) is 8.82. The van der Waals surface area contributed by atoms with Crippen molar-refractivity contribution in [3.05, 3.63) is 0 Å². The first-order valence-electron chi connectivity index (χ1n) is 0. The molecule has 0 nitrogen and oxygen atoms in total. The number of hydrogen-bond acceptors (Lipinski definition) is 0. The van der Waals surface area contributed by atoms with E-state index in [4.69, 9.17) is 0 Å². The summed E-state index contributed by atoms with van der Waals surface area (Å²) in [5, 5.41) is 0. The van der Waals surface area contributed by atoms with Crippen LogP contribution in [0.15, 0.2) is 0 Å². The van der Waals surface area contributed by atoms with E-state index < -0.39 is 0 Å². The van der Waals surface area contributed by atoms with Crippen LogP contribution in [0.1, 0.15) is 0 Å². The SMILES string of the molecule is [As].[Cd].[Cr].[Ni]. The van der Waals surface area contributed by atoms with E-state index in [2.05, 4.69) is 0 Å². The van der Waals surface area contributed by atoms with Gasteiger partial charge in [-0.3, -0.25) is 0 Å². The van der Waals surface area contributed by atoms with Gasteiger partial charge in [0.1, 0.15) is 0 Å². The molecular weight excluding hydrogens is 298 g/mol. The molecule has 0 spiro atoms. The fourth-order valence-electron chi connectivity index (χ4n) is 0. The maximum absolute atomic E-state index is 0. The summed E-state index contributed by atoms with van der Waals surface area (Å²) in [6.45, 7) is 0. The Labute approximate surface area is 78.0 Å². The normalized spacial score (nSPS) is 0. The average Bonchev–Trinajstić information content (AvgIpc) is 0. The van der Waals surface area contributed by atoms with E-state index in [-0.39, 0.29) is 79.1 Å². The van der Waals surface area contributed by atoms with Crippen LogP contribution in [-0.2, 0) is 61.2 Å². The topological polar surface area (TPSA) is 0 Å². The van der Waals surface area contributed by atoms with E-state index in [0.717, 1.165) is 0 Å². The van der Waals surface area contributed by atoms with Gasteiger partial charge in [-0.15, -0.1) is 0 Å². The molecule has 0 aromatic carbocycles. The van der Waals surface area contributed by atoms with Gasteiger partial charge in [-0.1, -0.05) is 0 Å². The first-order chi connectivity index (χ1) is 0. The van der Waals surface area contributed by atoms with Crippen molar-refractivity contribution in [2.75, 3.05) is 0 Å². The van der Waals surface area contributed by atoms with Crippen molar-refractivity contribution in [2.45, 2.75) is 0 Å². The van der Waals surface area contributed by atoms with Crippen LogP contribution in [-0.4, -0.2) is 18.0 Å². The molecule has 0 aromatic heterocycles. The predicted octanol–water partition coefficient (Wildman–Crippen LogP) is -0.388. The smallest absolute Gasteiger partial charge is 0 e. The Hall–Kier alpha value is 2.51. The third-order valence-electron chi connectivity index (χ3n) is 0. The second-order valence-corrected chi connectivity index (χ2v) is 0. The monoisotopic (exact) mass is 299 g/mol. The van der Waals surface area contributed by atoms with Crippen LogP contribution in [0.5, 0.6) is 0 Å². The van der Waals surface area contributed by atoms with Crippen LogP contribution in [0.4, 0.5) is 0 Å². The molecule has 0 fully saturated rings. The van der Waals surface area contributed by atoms with E-state index in [9.17, 15) is 0 Å². The molecule has 0 rings (SSSR count). The first-order valence-corrected chi connectivity index (χ1v) is 0. The van der Waals surface area contributed by atoms with Crippen molar-refractivity contribution in [3.8, 4) is 0 Å². The molecular formula is AsCdCrNi. The van der Waals surface area contributed by atoms with Crippen molar-refractivity contribution >= 4 is 18.0 Å². The van der Waals surface area contributed by atoms with Gasteiger partial charge in [-0.05, 0) is 0 Å². The van der Waals surface area contributed by atoms with Crippen molar-refractivity contribution < 1.29 is 61.2 Å². The summed E-state index contributed by atoms with van der Waals surface area (Å²) in [5.41, 5.74) is 0. The molecule has 4 heteroatoms. The minimum atomic E-state index is 0. The van der Waals surface area contributed by atoms with Crippen LogP contribution in [0.3, 0.4) is 0 Å². The fourth-order valence-corrected chi connectivity index (χ4v) is 0. The van der Waals surface area contributed by atoms with Crippen LogP contribution in [0, 0.1) is 0 Å². The average molecular weight is 298 g/mol. The number of rotatable bonds is 0. The van der Waals surface area contributed by atoms with Crippen LogP contribution >= 0.6 is 0 Å². The molecule has 0 aliphatic carbocycles. The van der Waals surface area contributed by atoms with Crippen molar-refractivity contribution in [2.24, 2.45) is 0 Å². The van der Waals surface area contributed by atoms with Gasteiger partial charge in [-0.25, -0.2) is 0 Å². The summed E-state index contributed by atoms with van der Waals surface area (Å²) in [6, 6.07) is 0. The maximum Gasteiger partial charge on any atom is 0 e. The van der Waals surface area contributed by atoms with E-state index in [1.165, 1.54) is 0 Å². The molecule has 23 valence electrons. The summed E-state index contributed by atoms with van der Waals surface area (Å²) < 4.78 is 0. The van der Waals surface area contributed by atoms with Crippen LogP contribution < -0.4 is 0 Å². The molecule has 0 N–H and O–H groups in total. The molecule has 0 saturated carbocycles. The Morgan fingerprint density at radius 2 is 1.00 bits per heavy atom. The third-order valence-corrected chi connectivity index (χ3v) is 0. The van der Waals surface area contributed by atoms with E-state index in [1.54, 1.807) is 0 Å². The van der Waals surface area contributed by atoms with Crippen molar-refractivity contribution in [1.29, 1.82) is 0 Å². The second-order valence-electron chi connectivity index (χ2n) is 0. The zero-order valence-corrected chi connectivity index (χ0v) is 10.1. The molecule has 0 saturated heterocycles. The van der Waals surface area contributed by atoms with E-state index >= 15 is 0 Å². The minimum Gasteiger partial charge on any atom is 0 e. The Bertz CT molecular complexity index is 8.00. The summed E-state index contributed by atoms with van der Waals surface area (Å²) >= 11 is 0. The fraction of sp³-hybridized carbons (Fsp3) is 0. The Morgan fingerprint density at radius 1 is 1.00 bits per heavy atom. The molecule has 4 heavy (non-hydrogen) atoms. The molecule has 3 radical (unpaired) electrons. The summed E-state index contributed by atoms with van der Waals surface area (Å²) in [5.74, 6) is 0. The Morgan fingerprint density at radius 3 is 1.00 bits per heavy atom. The quantitative estimate of drug-likeness (QED) is 0.535.